The summed E-state index contributed by atoms with van der Waals surface area (Å²) in [6, 6.07) is 4.74. The van der Waals surface area contributed by atoms with Gasteiger partial charge in [0.05, 0.1) is 0 Å². The van der Waals surface area contributed by atoms with Crippen LogP contribution in [0.1, 0.15) is 10.4 Å². The lowest BCUT2D eigenvalue weighted by molar-refractivity contribution is 0.100. The molecule has 60 valence electrons. The van der Waals surface area contributed by atoms with Gasteiger partial charge < -0.3 is 5.73 Å². The number of fused-ring (bicyclic) bond motifs is 1. The van der Waals surface area contributed by atoms with E-state index < -0.39 is 5.91 Å². The molecule has 12 heavy (non-hydrogen) atoms. The molecule has 2 rings (SSSR count). The van der Waals surface area contributed by atoms with E-state index in [0.29, 0.717) is 16.6 Å². The van der Waals surface area contributed by atoms with E-state index in [1.165, 1.54) is 6.07 Å². The third-order valence-electron chi connectivity index (χ3n) is 1.54. The van der Waals surface area contributed by atoms with Crippen LogP contribution in [-0.4, -0.2) is 16.2 Å². The molecule has 0 aliphatic heterocycles. The number of nitrogens with zero attached hydrogens (tertiary/aromatic N) is 2. The Morgan fingerprint density at radius 1 is 1.33 bits per heavy atom. The van der Waals surface area contributed by atoms with Gasteiger partial charge >= 0.3 is 0 Å². The molecule has 1 aromatic heterocycles. The zero-order valence-corrected chi connectivity index (χ0v) is 6.02. The molecular formula is C7H5N3O2. The van der Waals surface area contributed by atoms with E-state index in [4.69, 9.17) is 5.73 Å². The SMILES string of the molecule is NC(=O)c1ccc2nonc2c1. The van der Waals surface area contributed by atoms with Gasteiger partial charge in [0.1, 0.15) is 11.0 Å². The van der Waals surface area contributed by atoms with E-state index in [2.05, 4.69) is 14.9 Å². The number of amides is 1. The van der Waals surface area contributed by atoms with E-state index in [-0.39, 0.29) is 0 Å². The Balaban J connectivity index is 2.68. The van der Waals surface area contributed by atoms with Gasteiger partial charge in [-0.3, -0.25) is 4.79 Å². The maximum absolute atomic E-state index is 10.7. The van der Waals surface area contributed by atoms with Crippen LogP contribution in [0.15, 0.2) is 22.8 Å². The van der Waals surface area contributed by atoms with Gasteiger partial charge in [-0.2, -0.15) is 0 Å². The maximum Gasteiger partial charge on any atom is 0.248 e. The van der Waals surface area contributed by atoms with Crippen molar-refractivity contribution in [1.82, 2.24) is 10.3 Å². The van der Waals surface area contributed by atoms with Gasteiger partial charge in [-0.05, 0) is 28.5 Å². The van der Waals surface area contributed by atoms with Crippen LogP contribution in [0, 0.1) is 0 Å². The highest BCUT2D eigenvalue weighted by Gasteiger charge is 2.04. The molecule has 1 aromatic carbocycles. The van der Waals surface area contributed by atoms with Crippen LogP contribution in [0.3, 0.4) is 0 Å². The Hall–Kier alpha value is -1.91. The molecule has 5 heteroatoms. The van der Waals surface area contributed by atoms with E-state index in [0.717, 1.165) is 0 Å². The number of rotatable bonds is 1. The number of nitrogens with two attached hydrogens (primary N) is 1. The molecule has 0 unspecified atom stereocenters. The fourth-order valence-corrected chi connectivity index (χ4v) is 0.935. The molecule has 0 radical (unpaired) electrons. The summed E-state index contributed by atoms with van der Waals surface area (Å²) in [5, 5.41) is 7.15. The summed E-state index contributed by atoms with van der Waals surface area (Å²) in [5.41, 5.74) is 6.60. The first-order valence-electron chi connectivity index (χ1n) is 3.29. The van der Waals surface area contributed by atoms with Crippen LogP contribution in [0.25, 0.3) is 11.0 Å². The standard InChI is InChI=1S/C7H5N3O2/c8-7(11)4-1-2-5-6(3-4)10-12-9-5/h1-3H,(H2,8,11). The van der Waals surface area contributed by atoms with Crippen molar-refractivity contribution in [1.29, 1.82) is 0 Å². The first-order chi connectivity index (χ1) is 5.77. The summed E-state index contributed by atoms with van der Waals surface area (Å²) in [4.78, 5) is 10.7. The molecule has 2 N–H and O–H groups in total. The molecule has 0 saturated carbocycles. The van der Waals surface area contributed by atoms with Crippen molar-refractivity contribution < 1.29 is 9.42 Å². The molecule has 0 aliphatic rings. The summed E-state index contributed by atoms with van der Waals surface area (Å²) in [6.45, 7) is 0. The van der Waals surface area contributed by atoms with Crippen molar-refractivity contribution in [2.75, 3.05) is 0 Å². The number of primary amides is 1. The Labute approximate surface area is 67.1 Å². The summed E-state index contributed by atoms with van der Waals surface area (Å²) in [6.07, 6.45) is 0. The number of carbonyl (C=O) groups excluding carboxylic acids is 1. The molecule has 0 spiro atoms. The minimum atomic E-state index is -0.486. The lowest BCUT2D eigenvalue weighted by Crippen LogP contribution is -2.10. The lowest BCUT2D eigenvalue weighted by atomic mass is 10.2. The van der Waals surface area contributed by atoms with Crippen LogP contribution in [0.2, 0.25) is 0 Å². The first-order valence-corrected chi connectivity index (χ1v) is 3.29. The average molecular weight is 163 g/mol. The fourth-order valence-electron chi connectivity index (χ4n) is 0.935. The maximum atomic E-state index is 10.7. The number of aromatic nitrogens is 2. The van der Waals surface area contributed by atoms with Gasteiger partial charge in [0.25, 0.3) is 0 Å². The second kappa shape index (κ2) is 2.30. The minimum Gasteiger partial charge on any atom is -0.366 e. The monoisotopic (exact) mass is 163 g/mol. The highest BCUT2D eigenvalue weighted by Crippen LogP contribution is 2.10. The molecule has 0 atom stereocenters. The molecule has 0 bridgehead atoms. The normalized spacial score (nSPS) is 10.3. The van der Waals surface area contributed by atoms with Crippen LogP contribution in [0.4, 0.5) is 0 Å². The van der Waals surface area contributed by atoms with E-state index in [1.807, 2.05) is 0 Å². The number of hydrogen-bond acceptors (Lipinski definition) is 4. The summed E-state index contributed by atoms with van der Waals surface area (Å²) in [5.74, 6) is -0.486. The van der Waals surface area contributed by atoms with Crippen molar-refractivity contribution in [3.8, 4) is 0 Å². The van der Waals surface area contributed by atoms with Crippen LogP contribution < -0.4 is 5.73 Å². The fraction of sp³-hybridized carbons (Fsp3) is 0. The van der Waals surface area contributed by atoms with Gasteiger partial charge in [-0.1, -0.05) is 0 Å². The lowest BCUT2D eigenvalue weighted by Gasteiger charge is -1.91. The molecule has 1 amide bonds. The van der Waals surface area contributed by atoms with Gasteiger partial charge in [-0.15, -0.1) is 0 Å². The van der Waals surface area contributed by atoms with E-state index in [9.17, 15) is 4.79 Å². The summed E-state index contributed by atoms with van der Waals surface area (Å²) in [7, 11) is 0. The zero-order chi connectivity index (χ0) is 8.55. The van der Waals surface area contributed by atoms with Crippen molar-refractivity contribution >= 4 is 16.9 Å². The third-order valence-corrected chi connectivity index (χ3v) is 1.54. The molecule has 2 aromatic rings. The molecule has 0 aliphatic carbocycles. The Morgan fingerprint density at radius 3 is 2.83 bits per heavy atom. The molecule has 5 nitrogen and oxygen atoms in total. The molecule has 1 heterocycles. The van der Waals surface area contributed by atoms with Gasteiger partial charge in [0.15, 0.2) is 0 Å². The topological polar surface area (TPSA) is 82.0 Å². The second-order valence-corrected chi connectivity index (χ2v) is 2.33. The third kappa shape index (κ3) is 0.914. The molecular weight excluding hydrogens is 158 g/mol. The minimum absolute atomic E-state index is 0.401. The Bertz CT molecular complexity index is 435. The van der Waals surface area contributed by atoms with Crippen LogP contribution in [-0.2, 0) is 0 Å². The van der Waals surface area contributed by atoms with Crippen molar-refractivity contribution in [3.63, 3.8) is 0 Å². The highest BCUT2D eigenvalue weighted by atomic mass is 16.6. The number of carbonyl (C=O) groups is 1. The van der Waals surface area contributed by atoms with Gasteiger partial charge in [-0.25, -0.2) is 4.63 Å². The van der Waals surface area contributed by atoms with Crippen molar-refractivity contribution in [3.05, 3.63) is 23.8 Å². The first kappa shape index (κ1) is 6.78. The number of hydrogen-bond donors (Lipinski definition) is 1. The van der Waals surface area contributed by atoms with E-state index >= 15 is 0 Å². The van der Waals surface area contributed by atoms with Gasteiger partial charge in [0, 0.05) is 5.56 Å². The highest BCUT2D eigenvalue weighted by molar-refractivity contribution is 5.95. The summed E-state index contributed by atoms with van der Waals surface area (Å²) < 4.78 is 4.45. The van der Waals surface area contributed by atoms with Crippen molar-refractivity contribution in [2.24, 2.45) is 5.73 Å². The number of benzene rings is 1. The van der Waals surface area contributed by atoms with Gasteiger partial charge in [0.2, 0.25) is 5.91 Å². The Kier molecular flexibility index (Phi) is 1.30. The van der Waals surface area contributed by atoms with Crippen LogP contribution in [0.5, 0.6) is 0 Å². The smallest absolute Gasteiger partial charge is 0.248 e. The second-order valence-electron chi connectivity index (χ2n) is 2.33. The quantitative estimate of drug-likeness (QED) is 0.656. The zero-order valence-electron chi connectivity index (χ0n) is 6.02. The Morgan fingerprint density at radius 2 is 2.08 bits per heavy atom. The predicted octanol–water partition coefficient (Wildman–Crippen LogP) is 0.322. The largest absolute Gasteiger partial charge is 0.366 e. The summed E-state index contributed by atoms with van der Waals surface area (Å²) >= 11 is 0. The predicted molar refractivity (Wildman–Crippen MR) is 40.3 cm³/mol. The van der Waals surface area contributed by atoms with Crippen LogP contribution >= 0.6 is 0 Å². The molecule has 0 fully saturated rings. The van der Waals surface area contributed by atoms with E-state index in [1.54, 1.807) is 12.1 Å². The van der Waals surface area contributed by atoms with Crippen molar-refractivity contribution in [2.45, 2.75) is 0 Å². The average Bonchev–Trinajstić information content (AvgIpc) is 2.49. The molecule has 0 saturated heterocycles.